The van der Waals surface area contributed by atoms with Crippen LogP contribution in [-0.2, 0) is 0 Å². The number of carboxylic acids is 1. The molecule has 0 unspecified atom stereocenters. The fourth-order valence-electron chi connectivity index (χ4n) is 2.40. The van der Waals surface area contributed by atoms with E-state index in [1.54, 1.807) is 24.3 Å². The van der Waals surface area contributed by atoms with Crippen molar-refractivity contribution in [2.24, 2.45) is 0 Å². The number of hydrogen-bond donors (Lipinski definition) is 1. The van der Waals surface area contributed by atoms with E-state index in [1.165, 1.54) is 12.1 Å². The van der Waals surface area contributed by atoms with Gasteiger partial charge in [-0.05, 0) is 56.3 Å². The van der Waals surface area contributed by atoms with Crippen LogP contribution in [0.25, 0.3) is 22.9 Å². The average Bonchev–Trinajstić information content (AvgIpc) is 3.14. The molecule has 0 saturated carbocycles. The maximum atomic E-state index is 10.9. The summed E-state index contributed by atoms with van der Waals surface area (Å²) in [4.78, 5) is 10.9. The van der Waals surface area contributed by atoms with Crippen molar-refractivity contribution in [2.75, 3.05) is 13.2 Å². The van der Waals surface area contributed by atoms with Crippen LogP contribution in [0.15, 0.2) is 46.9 Å². The van der Waals surface area contributed by atoms with Crippen molar-refractivity contribution in [2.45, 2.75) is 13.8 Å². The van der Waals surface area contributed by atoms with Gasteiger partial charge < -0.3 is 19.0 Å². The molecule has 0 atom stereocenters. The van der Waals surface area contributed by atoms with Crippen LogP contribution < -0.4 is 9.47 Å². The number of nitrogens with zero attached hydrogens (tertiary/aromatic N) is 2. The molecule has 0 saturated heterocycles. The number of hydrogen-bond acceptors (Lipinski definition) is 6. The van der Waals surface area contributed by atoms with Crippen molar-refractivity contribution in [3.8, 4) is 34.4 Å². The Hall–Kier alpha value is -3.35. The monoisotopic (exact) mass is 354 g/mol. The largest absolute Gasteiger partial charge is 0.490 e. The Morgan fingerprint density at radius 1 is 0.923 bits per heavy atom. The number of aromatic nitrogens is 2. The molecule has 3 aromatic rings. The molecule has 0 aliphatic carbocycles. The fourth-order valence-corrected chi connectivity index (χ4v) is 2.40. The predicted octanol–water partition coefficient (Wildman–Crippen LogP) is 3.90. The van der Waals surface area contributed by atoms with Gasteiger partial charge in [0, 0.05) is 11.1 Å². The Balaban J connectivity index is 1.89. The van der Waals surface area contributed by atoms with E-state index in [-0.39, 0.29) is 5.56 Å². The predicted molar refractivity (Wildman–Crippen MR) is 94.5 cm³/mol. The number of carbonyl (C=O) groups is 1. The van der Waals surface area contributed by atoms with Crippen LogP contribution in [0.5, 0.6) is 11.5 Å². The zero-order valence-electron chi connectivity index (χ0n) is 14.4. The summed E-state index contributed by atoms with van der Waals surface area (Å²) in [5, 5.41) is 17.1. The zero-order valence-corrected chi connectivity index (χ0v) is 14.4. The molecule has 0 fully saturated rings. The molecule has 0 radical (unpaired) electrons. The SMILES string of the molecule is CCOc1ccc(-c2nnc(-c3ccc(C(=O)O)cc3)o2)cc1OCC. The first-order chi connectivity index (χ1) is 12.6. The average molecular weight is 354 g/mol. The lowest BCUT2D eigenvalue weighted by molar-refractivity contribution is 0.0697. The lowest BCUT2D eigenvalue weighted by Crippen LogP contribution is -1.98. The highest BCUT2D eigenvalue weighted by molar-refractivity contribution is 5.88. The summed E-state index contributed by atoms with van der Waals surface area (Å²) in [6.45, 7) is 4.85. The van der Waals surface area contributed by atoms with E-state index in [1.807, 2.05) is 19.9 Å². The van der Waals surface area contributed by atoms with Gasteiger partial charge in [-0.1, -0.05) is 0 Å². The summed E-state index contributed by atoms with van der Waals surface area (Å²) >= 11 is 0. The number of ether oxygens (including phenoxy) is 2. The van der Waals surface area contributed by atoms with E-state index in [2.05, 4.69) is 10.2 Å². The third-order valence-electron chi connectivity index (χ3n) is 3.59. The molecule has 26 heavy (non-hydrogen) atoms. The summed E-state index contributed by atoms with van der Waals surface area (Å²) in [5.41, 5.74) is 1.55. The van der Waals surface area contributed by atoms with Crippen molar-refractivity contribution in [3.63, 3.8) is 0 Å². The van der Waals surface area contributed by atoms with Gasteiger partial charge in [0.1, 0.15) is 0 Å². The highest BCUT2D eigenvalue weighted by Crippen LogP contribution is 2.33. The molecule has 3 rings (SSSR count). The molecular weight excluding hydrogens is 336 g/mol. The van der Waals surface area contributed by atoms with Crippen LogP contribution in [0, 0.1) is 0 Å². The van der Waals surface area contributed by atoms with Gasteiger partial charge in [-0.15, -0.1) is 10.2 Å². The van der Waals surface area contributed by atoms with Gasteiger partial charge in [0.25, 0.3) is 0 Å². The van der Waals surface area contributed by atoms with Gasteiger partial charge in [0.2, 0.25) is 11.8 Å². The van der Waals surface area contributed by atoms with Gasteiger partial charge in [0.15, 0.2) is 11.5 Å². The quantitative estimate of drug-likeness (QED) is 0.687. The molecule has 7 nitrogen and oxygen atoms in total. The number of rotatable bonds is 7. The first-order valence-corrected chi connectivity index (χ1v) is 8.19. The first kappa shape index (κ1) is 17.5. The lowest BCUT2D eigenvalue weighted by atomic mass is 10.1. The fraction of sp³-hybridized carbons (Fsp3) is 0.211. The Labute approximate surface area is 150 Å². The lowest BCUT2D eigenvalue weighted by Gasteiger charge is -2.11. The second kappa shape index (κ2) is 7.69. The molecular formula is C19H18N2O5. The van der Waals surface area contributed by atoms with Gasteiger partial charge in [-0.3, -0.25) is 0 Å². The molecule has 1 heterocycles. The minimum absolute atomic E-state index is 0.196. The van der Waals surface area contributed by atoms with E-state index in [4.69, 9.17) is 19.0 Å². The molecule has 0 aliphatic heterocycles. The number of aromatic carboxylic acids is 1. The molecule has 134 valence electrons. The van der Waals surface area contributed by atoms with Crippen LogP contribution in [0.4, 0.5) is 0 Å². The molecule has 7 heteroatoms. The maximum Gasteiger partial charge on any atom is 0.335 e. The minimum Gasteiger partial charge on any atom is -0.490 e. The van der Waals surface area contributed by atoms with E-state index in [0.717, 1.165) is 0 Å². The van der Waals surface area contributed by atoms with Crippen LogP contribution >= 0.6 is 0 Å². The summed E-state index contributed by atoms with van der Waals surface area (Å²) in [7, 11) is 0. The normalized spacial score (nSPS) is 10.5. The Bertz CT molecular complexity index is 903. The van der Waals surface area contributed by atoms with Crippen LogP contribution in [-0.4, -0.2) is 34.5 Å². The van der Waals surface area contributed by atoms with E-state index < -0.39 is 5.97 Å². The summed E-state index contributed by atoms with van der Waals surface area (Å²) in [6.07, 6.45) is 0. The molecule has 0 bridgehead atoms. The molecule has 2 aromatic carbocycles. The van der Waals surface area contributed by atoms with Crippen molar-refractivity contribution in [3.05, 3.63) is 48.0 Å². The highest BCUT2D eigenvalue weighted by atomic mass is 16.5. The minimum atomic E-state index is -0.986. The summed E-state index contributed by atoms with van der Waals surface area (Å²) in [6, 6.07) is 11.7. The molecule has 0 spiro atoms. The summed E-state index contributed by atoms with van der Waals surface area (Å²) in [5.74, 6) is 0.926. The number of benzene rings is 2. The Kier molecular flexibility index (Phi) is 5.17. The second-order valence-corrected chi connectivity index (χ2v) is 5.32. The van der Waals surface area contributed by atoms with Gasteiger partial charge in [-0.25, -0.2) is 4.79 Å². The molecule has 1 N–H and O–H groups in total. The second-order valence-electron chi connectivity index (χ2n) is 5.32. The van der Waals surface area contributed by atoms with Crippen LogP contribution in [0.3, 0.4) is 0 Å². The smallest absolute Gasteiger partial charge is 0.335 e. The van der Waals surface area contributed by atoms with Crippen molar-refractivity contribution >= 4 is 5.97 Å². The van der Waals surface area contributed by atoms with Gasteiger partial charge in [0.05, 0.1) is 18.8 Å². The number of carboxylic acid groups (broad SMARTS) is 1. The van der Waals surface area contributed by atoms with E-state index in [9.17, 15) is 4.79 Å². The first-order valence-electron chi connectivity index (χ1n) is 8.19. The third-order valence-corrected chi connectivity index (χ3v) is 3.59. The highest BCUT2D eigenvalue weighted by Gasteiger charge is 2.14. The van der Waals surface area contributed by atoms with Gasteiger partial charge >= 0.3 is 5.97 Å². The van der Waals surface area contributed by atoms with Crippen molar-refractivity contribution in [1.82, 2.24) is 10.2 Å². The Morgan fingerprint density at radius 3 is 2.12 bits per heavy atom. The van der Waals surface area contributed by atoms with Gasteiger partial charge in [-0.2, -0.15) is 0 Å². The molecule has 0 aliphatic rings. The molecule has 1 aromatic heterocycles. The maximum absolute atomic E-state index is 10.9. The topological polar surface area (TPSA) is 94.7 Å². The van der Waals surface area contributed by atoms with Crippen molar-refractivity contribution in [1.29, 1.82) is 0 Å². The van der Waals surface area contributed by atoms with E-state index >= 15 is 0 Å². The third kappa shape index (κ3) is 3.66. The van der Waals surface area contributed by atoms with Crippen LogP contribution in [0.1, 0.15) is 24.2 Å². The Morgan fingerprint density at radius 2 is 1.50 bits per heavy atom. The van der Waals surface area contributed by atoms with Crippen LogP contribution in [0.2, 0.25) is 0 Å². The van der Waals surface area contributed by atoms with E-state index in [0.29, 0.717) is 47.6 Å². The zero-order chi connectivity index (χ0) is 18.5. The standard InChI is InChI=1S/C19H18N2O5/c1-3-24-15-10-9-14(11-16(15)25-4-2)18-21-20-17(26-18)12-5-7-13(8-6-12)19(22)23/h5-11H,3-4H2,1-2H3,(H,22,23). The summed E-state index contributed by atoms with van der Waals surface area (Å²) < 4.78 is 16.9. The molecule has 0 amide bonds. The van der Waals surface area contributed by atoms with Crippen molar-refractivity contribution < 1.29 is 23.8 Å².